The standard InChI is InChI=1S/C10H13NO/c12-10-3-1-2-9(8-10)4-5-11-6-7-11/h1-3,8,12H,4-7H2. The van der Waals surface area contributed by atoms with E-state index >= 15 is 0 Å². The zero-order valence-corrected chi connectivity index (χ0v) is 7.03. The molecule has 1 N–H and O–H groups in total. The van der Waals surface area contributed by atoms with Crippen LogP contribution in [0.5, 0.6) is 5.75 Å². The largest absolute Gasteiger partial charge is 0.508 e. The fraction of sp³-hybridized carbons (Fsp3) is 0.400. The van der Waals surface area contributed by atoms with Crippen LogP contribution in [-0.2, 0) is 6.42 Å². The van der Waals surface area contributed by atoms with Crippen LogP contribution in [0.4, 0.5) is 0 Å². The topological polar surface area (TPSA) is 23.2 Å². The highest BCUT2D eigenvalue weighted by Gasteiger charge is 2.15. The van der Waals surface area contributed by atoms with Crippen LogP contribution in [-0.4, -0.2) is 29.6 Å². The first kappa shape index (κ1) is 7.62. The van der Waals surface area contributed by atoms with Crippen LogP contribution in [0.25, 0.3) is 0 Å². The lowest BCUT2D eigenvalue weighted by Crippen LogP contribution is -2.02. The molecule has 0 bridgehead atoms. The Labute approximate surface area is 72.4 Å². The molecule has 0 saturated carbocycles. The quantitative estimate of drug-likeness (QED) is 0.678. The molecular formula is C10H13NO. The van der Waals surface area contributed by atoms with Crippen molar-refractivity contribution in [2.75, 3.05) is 19.6 Å². The van der Waals surface area contributed by atoms with Gasteiger partial charge in [-0.15, -0.1) is 0 Å². The van der Waals surface area contributed by atoms with Crippen molar-refractivity contribution >= 4 is 0 Å². The van der Waals surface area contributed by atoms with Crippen molar-refractivity contribution in [1.82, 2.24) is 4.90 Å². The molecule has 1 aliphatic heterocycles. The van der Waals surface area contributed by atoms with E-state index in [1.165, 1.54) is 18.7 Å². The molecule has 2 heteroatoms. The second-order valence-corrected chi connectivity index (χ2v) is 3.26. The van der Waals surface area contributed by atoms with E-state index in [1.807, 2.05) is 12.1 Å². The molecule has 1 aliphatic rings. The first-order valence-corrected chi connectivity index (χ1v) is 4.35. The summed E-state index contributed by atoms with van der Waals surface area (Å²) in [5.41, 5.74) is 1.22. The molecule has 0 unspecified atom stereocenters. The molecule has 1 saturated heterocycles. The number of phenols is 1. The van der Waals surface area contributed by atoms with E-state index < -0.39 is 0 Å². The molecule has 12 heavy (non-hydrogen) atoms. The van der Waals surface area contributed by atoms with Crippen LogP contribution in [0.3, 0.4) is 0 Å². The van der Waals surface area contributed by atoms with Crippen molar-refractivity contribution in [2.45, 2.75) is 6.42 Å². The molecule has 0 aromatic heterocycles. The fourth-order valence-electron chi connectivity index (χ4n) is 1.29. The molecule has 0 aliphatic carbocycles. The summed E-state index contributed by atoms with van der Waals surface area (Å²) in [7, 11) is 0. The van der Waals surface area contributed by atoms with E-state index in [0.717, 1.165) is 13.0 Å². The lowest BCUT2D eigenvalue weighted by molar-refractivity contribution is 0.474. The monoisotopic (exact) mass is 163 g/mol. The smallest absolute Gasteiger partial charge is 0.115 e. The summed E-state index contributed by atoms with van der Waals surface area (Å²) in [6, 6.07) is 7.50. The lowest BCUT2D eigenvalue weighted by Gasteiger charge is -2.01. The first-order valence-electron chi connectivity index (χ1n) is 4.35. The van der Waals surface area contributed by atoms with Crippen LogP contribution in [0, 0.1) is 0 Å². The van der Waals surface area contributed by atoms with Crippen molar-refractivity contribution < 1.29 is 5.11 Å². The Balaban J connectivity index is 1.92. The zero-order chi connectivity index (χ0) is 8.39. The minimum Gasteiger partial charge on any atom is -0.508 e. The van der Waals surface area contributed by atoms with Crippen molar-refractivity contribution in [3.63, 3.8) is 0 Å². The minimum atomic E-state index is 0.373. The van der Waals surface area contributed by atoms with E-state index in [2.05, 4.69) is 11.0 Å². The predicted molar refractivity (Wildman–Crippen MR) is 48.3 cm³/mol. The van der Waals surface area contributed by atoms with Gasteiger partial charge in [-0.1, -0.05) is 12.1 Å². The van der Waals surface area contributed by atoms with Gasteiger partial charge in [0.05, 0.1) is 0 Å². The molecule has 0 atom stereocenters. The molecule has 0 radical (unpaired) electrons. The van der Waals surface area contributed by atoms with E-state index in [9.17, 15) is 5.11 Å². The molecule has 1 aromatic carbocycles. The molecule has 2 nitrogen and oxygen atoms in total. The van der Waals surface area contributed by atoms with Gasteiger partial charge in [-0.05, 0) is 24.1 Å². The maximum Gasteiger partial charge on any atom is 0.115 e. The fourth-order valence-corrected chi connectivity index (χ4v) is 1.29. The second-order valence-electron chi connectivity index (χ2n) is 3.26. The summed E-state index contributed by atoms with van der Waals surface area (Å²) in [4.78, 5) is 2.38. The Bertz CT molecular complexity index is 268. The van der Waals surface area contributed by atoms with E-state index in [0.29, 0.717) is 5.75 Å². The SMILES string of the molecule is Oc1cccc(CCN2CC2)c1. The van der Waals surface area contributed by atoms with Crippen LogP contribution >= 0.6 is 0 Å². The lowest BCUT2D eigenvalue weighted by atomic mass is 10.1. The third-order valence-electron chi connectivity index (χ3n) is 2.17. The molecular weight excluding hydrogens is 150 g/mol. The molecule has 0 amide bonds. The number of phenolic OH excluding ortho intramolecular Hbond substituents is 1. The molecule has 1 heterocycles. The highest BCUT2D eigenvalue weighted by atomic mass is 16.3. The van der Waals surface area contributed by atoms with Crippen molar-refractivity contribution in [3.05, 3.63) is 29.8 Å². The summed E-state index contributed by atoms with van der Waals surface area (Å²) < 4.78 is 0. The molecule has 0 spiro atoms. The highest BCUT2D eigenvalue weighted by molar-refractivity contribution is 5.27. The van der Waals surface area contributed by atoms with Gasteiger partial charge in [-0.25, -0.2) is 0 Å². The number of aromatic hydroxyl groups is 1. The predicted octanol–water partition coefficient (Wildman–Crippen LogP) is 1.25. The van der Waals surface area contributed by atoms with Gasteiger partial charge >= 0.3 is 0 Å². The third kappa shape index (κ3) is 1.98. The van der Waals surface area contributed by atoms with Gasteiger partial charge in [-0.2, -0.15) is 0 Å². The third-order valence-corrected chi connectivity index (χ3v) is 2.17. The summed E-state index contributed by atoms with van der Waals surface area (Å²) in [5.74, 6) is 0.373. The van der Waals surface area contributed by atoms with Gasteiger partial charge in [0.2, 0.25) is 0 Å². The van der Waals surface area contributed by atoms with Crippen molar-refractivity contribution in [1.29, 1.82) is 0 Å². The highest BCUT2D eigenvalue weighted by Crippen LogP contribution is 2.13. The number of hydrogen-bond acceptors (Lipinski definition) is 2. The summed E-state index contributed by atoms with van der Waals surface area (Å²) in [5, 5.41) is 9.18. The average molecular weight is 163 g/mol. The van der Waals surface area contributed by atoms with E-state index in [-0.39, 0.29) is 0 Å². The van der Waals surface area contributed by atoms with E-state index in [1.54, 1.807) is 6.07 Å². The van der Waals surface area contributed by atoms with Gasteiger partial charge in [0, 0.05) is 19.6 Å². The maximum atomic E-state index is 9.18. The Morgan fingerprint density at radius 3 is 2.83 bits per heavy atom. The Kier molecular flexibility index (Phi) is 2.00. The molecule has 1 fully saturated rings. The van der Waals surface area contributed by atoms with Gasteiger partial charge in [0.25, 0.3) is 0 Å². The number of benzene rings is 1. The van der Waals surface area contributed by atoms with Gasteiger partial charge in [-0.3, -0.25) is 0 Å². The Morgan fingerprint density at radius 2 is 2.17 bits per heavy atom. The number of hydrogen-bond donors (Lipinski definition) is 1. The van der Waals surface area contributed by atoms with Gasteiger partial charge in [0.15, 0.2) is 0 Å². The molecule has 1 aromatic rings. The summed E-state index contributed by atoms with van der Waals surface area (Å²) >= 11 is 0. The normalized spacial score (nSPS) is 16.3. The second kappa shape index (κ2) is 3.15. The minimum absolute atomic E-state index is 0.373. The zero-order valence-electron chi connectivity index (χ0n) is 7.03. The Hall–Kier alpha value is -1.02. The summed E-state index contributed by atoms with van der Waals surface area (Å²) in [6.45, 7) is 3.63. The van der Waals surface area contributed by atoms with Crippen LogP contribution in [0.1, 0.15) is 5.56 Å². The van der Waals surface area contributed by atoms with Crippen LogP contribution in [0.2, 0.25) is 0 Å². The van der Waals surface area contributed by atoms with Crippen LogP contribution < -0.4 is 0 Å². The van der Waals surface area contributed by atoms with Crippen molar-refractivity contribution in [2.24, 2.45) is 0 Å². The molecule has 64 valence electrons. The van der Waals surface area contributed by atoms with E-state index in [4.69, 9.17) is 0 Å². The van der Waals surface area contributed by atoms with Crippen LogP contribution in [0.15, 0.2) is 24.3 Å². The summed E-state index contributed by atoms with van der Waals surface area (Å²) in [6.07, 6.45) is 1.05. The number of nitrogens with zero attached hydrogens (tertiary/aromatic N) is 1. The van der Waals surface area contributed by atoms with Crippen molar-refractivity contribution in [3.8, 4) is 5.75 Å². The average Bonchev–Trinajstić information content (AvgIpc) is 2.84. The van der Waals surface area contributed by atoms with Gasteiger partial charge in [0.1, 0.15) is 5.75 Å². The first-order chi connectivity index (χ1) is 5.84. The molecule has 2 rings (SSSR count). The Morgan fingerprint density at radius 1 is 1.33 bits per heavy atom. The number of rotatable bonds is 3. The maximum absolute atomic E-state index is 9.18. The van der Waals surface area contributed by atoms with Gasteiger partial charge < -0.3 is 10.0 Å².